The van der Waals surface area contributed by atoms with E-state index in [1.54, 1.807) is 14.2 Å². The van der Waals surface area contributed by atoms with E-state index < -0.39 is 0 Å². The van der Waals surface area contributed by atoms with E-state index in [0.717, 1.165) is 23.5 Å². The Kier molecular flexibility index (Phi) is 4.19. The molecule has 0 heterocycles. The van der Waals surface area contributed by atoms with Crippen LogP contribution in [0.3, 0.4) is 0 Å². The van der Waals surface area contributed by atoms with Gasteiger partial charge in [-0.15, -0.1) is 0 Å². The van der Waals surface area contributed by atoms with E-state index in [1.165, 1.54) is 0 Å². The smallest absolute Gasteiger partial charge is 0.164 e. The second-order valence-electron chi connectivity index (χ2n) is 4.46. The first-order valence-corrected chi connectivity index (χ1v) is 5.48. The number of hydrogen-bond donors (Lipinski definition) is 1. The van der Waals surface area contributed by atoms with Gasteiger partial charge < -0.3 is 15.2 Å². The summed E-state index contributed by atoms with van der Waals surface area (Å²) >= 11 is 0. The maximum Gasteiger partial charge on any atom is 0.164 e. The van der Waals surface area contributed by atoms with Crippen LogP contribution in [-0.4, -0.2) is 20.8 Å². The lowest BCUT2D eigenvalue weighted by molar-refractivity contribution is 0.340. The molecule has 0 radical (unpaired) electrons. The average molecular weight is 223 g/mol. The van der Waals surface area contributed by atoms with E-state index in [1.807, 2.05) is 12.1 Å². The van der Waals surface area contributed by atoms with E-state index in [0.29, 0.717) is 6.54 Å². The number of rotatable bonds is 5. The van der Waals surface area contributed by atoms with Crippen LogP contribution in [0.1, 0.15) is 25.8 Å². The molecule has 1 aromatic carbocycles. The van der Waals surface area contributed by atoms with Gasteiger partial charge in [-0.25, -0.2) is 0 Å². The third kappa shape index (κ3) is 2.47. The molecule has 0 aliphatic heterocycles. The van der Waals surface area contributed by atoms with Gasteiger partial charge in [0.15, 0.2) is 11.5 Å². The molecule has 0 fully saturated rings. The van der Waals surface area contributed by atoms with Crippen LogP contribution in [-0.2, 0) is 5.41 Å². The lowest BCUT2D eigenvalue weighted by atomic mass is 9.81. The molecule has 1 aromatic rings. The molecule has 0 bridgehead atoms. The van der Waals surface area contributed by atoms with Crippen molar-refractivity contribution in [1.82, 2.24) is 0 Å². The number of nitrogens with two attached hydrogens (primary N) is 1. The Balaban J connectivity index is 3.22. The van der Waals surface area contributed by atoms with Crippen molar-refractivity contribution in [2.75, 3.05) is 20.8 Å². The number of benzene rings is 1. The molecule has 3 heteroatoms. The van der Waals surface area contributed by atoms with Crippen molar-refractivity contribution in [3.8, 4) is 11.5 Å². The van der Waals surface area contributed by atoms with E-state index in [9.17, 15) is 0 Å². The summed E-state index contributed by atoms with van der Waals surface area (Å²) in [6.45, 7) is 4.99. The van der Waals surface area contributed by atoms with Gasteiger partial charge in [0.05, 0.1) is 14.2 Å². The summed E-state index contributed by atoms with van der Waals surface area (Å²) in [5.74, 6) is 1.58. The third-order valence-electron chi connectivity index (χ3n) is 2.90. The first-order valence-electron chi connectivity index (χ1n) is 5.48. The summed E-state index contributed by atoms with van der Waals surface area (Å²) in [5.41, 5.74) is 6.78. The SMILES string of the molecule is COc1cccc(C(C)(C)CCN)c1OC. The molecule has 0 spiro atoms. The fourth-order valence-electron chi connectivity index (χ4n) is 1.92. The minimum Gasteiger partial charge on any atom is -0.493 e. The fraction of sp³-hybridized carbons (Fsp3) is 0.538. The lowest BCUT2D eigenvalue weighted by Gasteiger charge is -2.27. The Morgan fingerprint density at radius 3 is 2.38 bits per heavy atom. The molecule has 0 unspecified atom stereocenters. The maximum atomic E-state index is 5.64. The molecule has 0 saturated carbocycles. The summed E-state index contributed by atoms with van der Waals surface area (Å²) in [6.07, 6.45) is 0.913. The predicted octanol–water partition coefficient (Wildman–Crippen LogP) is 2.33. The molecular formula is C13H21NO2. The summed E-state index contributed by atoms with van der Waals surface area (Å²) < 4.78 is 10.7. The highest BCUT2D eigenvalue weighted by Crippen LogP contribution is 2.39. The van der Waals surface area contributed by atoms with Gasteiger partial charge in [0.25, 0.3) is 0 Å². The number of ether oxygens (including phenoxy) is 2. The van der Waals surface area contributed by atoms with Gasteiger partial charge in [-0.3, -0.25) is 0 Å². The van der Waals surface area contributed by atoms with Crippen LogP contribution in [0.15, 0.2) is 18.2 Å². The predicted molar refractivity (Wildman–Crippen MR) is 66.2 cm³/mol. The van der Waals surface area contributed by atoms with Gasteiger partial charge in [0.1, 0.15) is 0 Å². The highest BCUT2D eigenvalue weighted by Gasteiger charge is 2.25. The maximum absolute atomic E-state index is 5.64. The fourth-order valence-corrected chi connectivity index (χ4v) is 1.92. The van der Waals surface area contributed by atoms with Gasteiger partial charge >= 0.3 is 0 Å². The first-order chi connectivity index (χ1) is 7.56. The van der Waals surface area contributed by atoms with Crippen LogP contribution in [0.2, 0.25) is 0 Å². The van der Waals surface area contributed by atoms with Crippen molar-refractivity contribution in [3.63, 3.8) is 0 Å². The minimum absolute atomic E-state index is 0.00532. The van der Waals surface area contributed by atoms with Crippen molar-refractivity contribution in [2.45, 2.75) is 25.7 Å². The second-order valence-corrected chi connectivity index (χ2v) is 4.46. The zero-order valence-electron chi connectivity index (χ0n) is 10.5. The highest BCUT2D eigenvalue weighted by atomic mass is 16.5. The van der Waals surface area contributed by atoms with E-state index >= 15 is 0 Å². The molecule has 0 aliphatic carbocycles. The molecule has 90 valence electrons. The van der Waals surface area contributed by atoms with Crippen molar-refractivity contribution in [1.29, 1.82) is 0 Å². The lowest BCUT2D eigenvalue weighted by Crippen LogP contribution is -2.22. The Labute approximate surface area is 97.6 Å². The molecule has 3 nitrogen and oxygen atoms in total. The zero-order valence-corrected chi connectivity index (χ0v) is 10.5. The first kappa shape index (κ1) is 12.8. The molecule has 2 N–H and O–H groups in total. The molecule has 0 amide bonds. The summed E-state index contributed by atoms with van der Waals surface area (Å²) in [5, 5.41) is 0. The number of hydrogen-bond acceptors (Lipinski definition) is 3. The molecule has 0 aliphatic rings. The summed E-state index contributed by atoms with van der Waals surface area (Å²) in [4.78, 5) is 0. The van der Waals surface area contributed by atoms with Crippen molar-refractivity contribution in [2.24, 2.45) is 5.73 Å². The Morgan fingerprint density at radius 2 is 1.88 bits per heavy atom. The van der Waals surface area contributed by atoms with Gasteiger partial charge in [-0.2, -0.15) is 0 Å². The summed E-state index contributed by atoms with van der Waals surface area (Å²) in [7, 11) is 3.32. The number of para-hydroxylation sites is 1. The molecule has 16 heavy (non-hydrogen) atoms. The van der Waals surface area contributed by atoms with Crippen molar-refractivity contribution >= 4 is 0 Å². The Morgan fingerprint density at radius 1 is 1.19 bits per heavy atom. The van der Waals surface area contributed by atoms with Crippen molar-refractivity contribution in [3.05, 3.63) is 23.8 Å². The van der Waals surface area contributed by atoms with Crippen LogP contribution >= 0.6 is 0 Å². The minimum atomic E-state index is -0.00532. The number of methoxy groups -OCH3 is 2. The molecule has 0 atom stereocenters. The largest absolute Gasteiger partial charge is 0.493 e. The van der Waals surface area contributed by atoms with Gasteiger partial charge in [-0.1, -0.05) is 26.0 Å². The third-order valence-corrected chi connectivity index (χ3v) is 2.90. The van der Waals surface area contributed by atoms with Crippen molar-refractivity contribution < 1.29 is 9.47 Å². The van der Waals surface area contributed by atoms with Crippen LogP contribution in [0.4, 0.5) is 0 Å². The molecule has 0 saturated heterocycles. The van der Waals surface area contributed by atoms with Gasteiger partial charge in [0.2, 0.25) is 0 Å². The van der Waals surface area contributed by atoms with E-state index in [2.05, 4.69) is 19.9 Å². The monoisotopic (exact) mass is 223 g/mol. The van der Waals surface area contributed by atoms with Crippen LogP contribution in [0.25, 0.3) is 0 Å². The van der Waals surface area contributed by atoms with Crippen LogP contribution in [0.5, 0.6) is 11.5 Å². The van der Waals surface area contributed by atoms with Gasteiger partial charge in [-0.05, 0) is 24.4 Å². The Hall–Kier alpha value is -1.22. The van der Waals surface area contributed by atoms with Gasteiger partial charge in [0, 0.05) is 5.56 Å². The highest BCUT2D eigenvalue weighted by molar-refractivity contribution is 5.49. The topological polar surface area (TPSA) is 44.5 Å². The Bertz CT molecular complexity index is 348. The summed E-state index contributed by atoms with van der Waals surface area (Å²) in [6, 6.07) is 5.95. The van der Waals surface area contributed by atoms with Crippen LogP contribution in [0, 0.1) is 0 Å². The zero-order chi connectivity index (χ0) is 12.2. The average Bonchev–Trinajstić information content (AvgIpc) is 2.27. The normalized spacial score (nSPS) is 11.3. The molecule has 0 aromatic heterocycles. The van der Waals surface area contributed by atoms with E-state index in [-0.39, 0.29) is 5.41 Å². The second kappa shape index (κ2) is 5.21. The van der Waals surface area contributed by atoms with E-state index in [4.69, 9.17) is 15.2 Å². The standard InChI is InChI=1S/C13H21NO2/c1-13(2,8-9-14)10-6-5-7-11(15-3)12(10)16-4/h5-7H,8-9,14H2,1-4H3. The molecular weight excluding hydrogens is 202 g/mol. The van der Waals surface area contributed by atoms with Crippen LogP contribution < -0.4 is 15.2 Å². The molecule has 1 rings (SSSR count). The quantitative estimate of drug-likeness (QED) is 0.833.